The van der Waals surface area contributed by atoms with E-state index in [0.29, 0.717) is 24.0 Å². The van der Waals surface area contributed by atoms with Gasteiger partial charge in [0.15, 0.2) is 11.7 Å². The smallest absolute Gasteiger partial charge is 0.216 e. The minimum Gasteiger partial charge on any atom is -0.493 e. The number of furan rings is 1. The molecule has 3 heterocycles. The van der Waals surface area contributed by atoms with Gasteiger partial charge in [-0.05, 0) is 35.7 Å². The molecule has 4 rings (SSSR count). The van der Waals surface area contributed by atoms with Crippen LogP contribution < -0.4 is 15.4 Å². The molecule has 1 aliphatic heterocycles. The Labute approximate surface area is 180 Å². The lowest BCUT2D eigenvalue weighted by Gasteiger charge is -2.11. The molecule has 1 aromatic carbocycles. The van der Waals surface area contributed by atoms with Crippen LogP contribution in [-0.4, -0.2) is 41.3 Å². The fraction of sp³-hybridized carbons (Fsp3) is 0.316. The molecule has 0 atom stereocenters. The first kappa shape index (κ1) is 20.2. The van der Waals surface area contributed by atoms with Crippen LogP contribution >= 0.6 is 24.0 Å². The lowest BCUT2D eigenvalue weighted by atomic mass is 10.1. The average Bonchev–Trinajstić information content (AvgIpc) is 3.45. The van der Waals surface area contributed by atoms with E-state index in [-0.39, 0.29) is 24.0 Å². The summed E-state index contributed by atoms with van der Waals surface area (Å²) in [6, 6.07) is 10.0. The maximum atomic E-state index is 5.55. The summed E-state index contributed by atoms with van der Waals surface area (Å²) in [7, 11) is 1.75. The Balaban J connectivity index is 0.00000225. The van der Waals surface area contributed by atoms with Gasteiger partial charge in [-0.2, -0.15) is 0 Å². The Morgan fingerprint density at radius 2 is 2.21 bits per heavy atom. The van der Waals surface area contributed by atoms with Crippen LogP contribution in [0.3, 0.4) is 0 Å². The third-order valence-corrected chi connectivity index (χ3v) is 4.38. The van der Waals surface area contributed by atoms with Crippen molar-refractivity contribution in [2.75, 3.05) is 20.2 Å². The molecule has 9 heteroatoms. The number of ether oxygens (including phenoxy) is 1. The van der Waals surface area contributed by atoms with Gasteiger partial charge in [-0.15, -0.1) is 29.1 Å². The second kappa shape index (κ2) is 9.58. The highest BCUT2D eigenvalue weighted by atomic mass is 127. The normalized spacial score (nSPS) is 12.8. The van der Waals surface area contributed by atoms with Crippen molar-refractivity contribution < 1.29 is 9.15 Å². The number of fused-ring (bicyclic) bond motifs is 1. The van der Waals surface area contributed by atoms with Crippen LogP contribution in [0.2, 0.25) is 0 Å². The van der Waals surface area contributed by atoms with Crippen LogP contribution in [0.25, 0.3) is 11.6 Å². The van der Waals surface area contributed by atoms with E-state index >= 15 is 0 Å². The van der Waals surface area contributed by atoms with Crippen molar-refractivity contribution >= 4 is 29.9 Å². The van der Waals surface area contributed by atoms with E-state index in [9.17, 15) is 0 Å². The van der Waals surface area contributed by atoms with Crippen molar-refractivity contribution in [3.63, 3.8) is 0 Å². The quantitative estimate of drug-likeness (QED) is 0.277. The number of hydrogen-bond donors (Lipinski definition) is 3. The van der Waals surface area contributed by atoms with E-state index in [1.807, 2.05) is 12.1 Å². The number of halogens is 1. The van der Waals surface area contributed by atoms with Gasteiger partial charge in [0.05, 0.1) is 19.4 Å². The summed E-state index contributed by atoms with van der Waals surface area (Å²) >= 11 is 0. The lowest BCUT2D eigenvalue weighted by molar-refractivity contribution is 0.357. The summed E-state index contributed by atoms with van der Waals surface area (Å²) in [6.45, 7) is 2.06. The predicted octanol–water partition coefficient (Wildman–Crippen LogP) is 2.53. The monoisotopic (exact) mass is 494 g/mol. The summed E-state index contributed by atoms with van der Waals surface area (Å²) < 4.78 is 10.8. The zero-order chi connectivity index (χ0) is 18.5. The number of nitrogens with zero attached hydrogens (tertiary/aromatic N) is 3. The molecule has 0 spiro atoms. The van der Waals surface area contributed by atoms with Crippen molar-refractivity contribution in [1.82, 2.24) is 25.8 Å². The number of hydrogen-bond acceptors (Lipinski definition) is 5. The second-order valence-electron chi connectivity index (χ2n) is 6.23. The molecule has 0 amide bonds. The molecule has 148 valence electrons. The molecule has 3 N–H and O–H groups in total. The average molecular weight is 494 g/mol. The highest BCUT2D eigenvalue weighted by Crippen LogP contribution is 2.25. The fourth-order valence-electron chi connectivity index (χ4n) is 3.00. The Hall–Kier alpha value is -2.56. The summed E-state index contributed by atoms with van der Waals surface area (Å²) in [5, 5.41) is 13.6. The van der Waals surface area contributed by atoms with Gasteiger partial charge in [0.2, 0.25) is 5.82 Å². The molecule has 0 unspecified atom stereocenters. The molecule has 3 aromatic rings. The maximum Gasteiger partial charge on any atom is 0.216 e. The van der Waals surface area contributed by atoms with Crippen molar-refractivity contribution in [2.24, 2.45) is 4.99 Å². The summed E-state index contributed by atoms with van der Waals surface area (Å²) in [6.07, 6.45) is 3.51. The molecule has 0 saturated carbocycles. The minimum absolute atomic E-state index is 0. The van der Waals surface area contributed by atoms with Gasteiger partial charge >= 0.3 is 0 Å². The van der Waals surface area contributed by atoms with Gasteiger partial charge in [0, 0.05) is 20.0 Å². The van der Waals surface area contributed by atoms with Crippen LogP contribution in [-0.2, 0) is 19.4 Å². The molecule has 0 fully saturated rings. The Morgan fingerprint density at radius 3 is 3.04 bits per heavy atom. The minimum atomic E-state index is 0. The number of H-pyrrole nitrogens is 1. The molecular weight excluding hydrogens is 471 g/mol. The number of guanidine groups is 1. The van der Waals surface area contributed by atoms with Gasteiger partial charge in [-0.1, -0.05) is 12.1 Å². The third-order valence-electron chi connectivity index (χ3n) is 4.38. The van der Waals surface area contributed by atoms with Crippen LogP contribution in [0.15, 0.2) is 46.0 Å². The van der Waals surface area contributed by atoms with Crippen molar-refractivity contribution in [1.29, 1.82) is 0 Å². The van der Waals surface area contributed by atoms with E-state index < -0.39 is 0 Å². The van der Waals surface area contributed by atoms with Crippen molar-refractivity contribution in [3.05, 3.63) is 53.5 Å². The van der Waals surface area contributed by atoms with Gasteiger partial charge in [-0.3, -0.25) is 10.1 Å². The molecular formula is C19H23IN6O2. The number of aromatic amines is 1. The zero-order valence-electron chi connectivity index (χ0n) is 15.6. The zero-order valence-corrected chi connectivity index (χ0v) is 17.9. The van der Waals surface area contributed by atoms with Crippen LogP contribution in [0.5, 0.6) is 5.75 Å². The van der Waals surface area contributed by atoms with Gasteiger partial charge in [0.25, 0.3) is 0 Å². The molecule has 0 saturated heterocycles. The molecule has 0 radical (unpaired) electrons. The molecule has 1 aliphatic rings. The van der Waals surface area contributed by atoms with E-state index in [1.165, 1.54) is 11.1 Å². The van der Waals surface area contributed by atoms with E-state index in [2.05, 4.69) is 49.0 Å². The van der Waals surface area contributed by atoms with Crippen LogP contribution in [0.1, 0.15) is 17.0 Å². The standard InChI is InChI=1S/C19H22N6O2.HI/c1-20-19(21-8-6-13-4-5-15-14(11-13)7-10-27-15)22-12-17-23-18(25-24-17)16-3-2-9-26-16;/h2-5,9,11H,6-8,10,12H2,1H3,(H2,20,21,22)(H,23,24,25);1H. The van der Waals surface area contributed by atoms with Gasteiger partial charge in [0.1, 0.15) is 11.6 Å². The fourth-order valence-corrected chi connectivity index (χ4v) is 3.00. The van der Waals surface area contributed by atoms with E-state index in [4.69, 9.17) is 9.15 Å². The summed E-state index contributed by atoms with van der Waals surface area (Å²) in [5.74, 6) is 3.63. The number of nitrogens with one attached hydrogen (secondary N) is 3. The van der Waals surface area contributed by atoms with Crippen molar-refractivity contribution in [2.45, 2.75) is 19.4 Å². The first-order chi connectivity index (χ1) is 13.3. The molecule has 2 aromatic heterocycles. The lowest BCUT2D eigenvalue weighted by Crippen LogP contribution is -2.38. The number of benzene rings is 1. The Bertz CT molecular complexity index is 922. The molecule has 0 bridgehead atoms. The SMILES string of the molecule is CN=C(NCCc1ccc2c(c1)CCO2)NCc1nc(-c2ccco2)n[nH]1.I. The summed E-state index contributed by atoms with van der Waals surface area (Å²) in [4.78, 5) is 8.65. The largest absolute Gasteiger partial charge is 0.493 e. The van der Waals surface area contributed by atoms with Crippen molar-refractivity contribution in [3.8, 4) is 17.3 Å². The second-order valence-corrected chi connectivity index (χ2v) is 6.23. The van der Waals surface area contributed by atoms with E-state index in [1.54, 1.807) is 13.3 Å². The van der Waals surface area contributed by atoms with Crippen LogP contribution in [0.4, 0.5) is 0 Å². The predicted molar refractivity (Wildman–Crippen MR) is 117 cm³/mol. The highest BCUT2D eigenvalue weighted by Gasteiger charge is 2.12. The first-order valence-electron chi connectivity index (χ1n) is 8.96. The number of rotatable bonds is 6. The first-order valence-corrected chi connectivity index (χ1v) is 8.96. The summed E-state index contributed by atoms with van der Waals surface area (Å²) in [5.41, 5.74) is 2.59. The van der Waals surface area contributed by atoms with Gasteiger partial charge < -0.3 is 19.8 Å². The molecule has 28 heavy (non-hydrogen) atoms. The highest BCUT2D eigenvalue weighted by molar-refractivity contribution is 14.0. The topological polar surface area (TPSA) is 100 Å². The number of aliphatic imine (C=N–C) groups is 1. The Kier molecular flexibility index (Phi) is 6.90. The maximum absolute atomic E-state index is 5.55. The van der Waals surface area contributed by atoms with E-state index in [0.717, 1.165) is 37.7 Å². The van der Waals surface area contributed by atoms with Gasteiger partial charge in [-0.25, -0.2) is 4.98 Å². The van der Waals surface area contributed by atoms with Crippen LogP contribution in [0, 0.1) is 0 Å². The molecule has 0 aliphatic carbocycles. The number of aromatic nitrogens is 3. The third kappa shape index (κ3) is 4.83. The Morgan fingerprint density at radius 1 is 1.29 bits per heavy atom. The molecule has 8 nitrogen and oxygen atoms in total.